The van der Waals surface area contributed by atoms with Crippen LogP contribution in [0.1, 0.15) is 17.9 Å². The highest BCUT2D eigenvalue weighted by Crippen LogP contribution is 2.29. The average Bonchev–Trinajstić information content (AvgIpc) is 3.43. The Morgan fingerprint density at radius 3 is 2.58 bits per heavy atom. The molecular formula is C25H21N5S. The molecular weight excluding hydrogens is 402 g/mol. The highest BCUT2D eigenvalue weighted by Gasteiger charge is 2.25. The highest BCUT2D eigenvalue weighted by molar-refractivity contribution is 7.80. The molecule has 0 saturated carbocycles. The van der Waals surface area contributed by atoms with Crippen LogP contribution < -0.4 is 5.32 Å². The van der Waals surface area contributed by atoms with E-state index in [0.29, 0.717) is 5.92 Å². The van der Waals surface area contributed by atoms with E-state index >= 15 is 0 Å². The summed E-state index contributed by atoms with van der Waals surface area (Å²) in [7, 11) is 0. The number of para-hydroxylation sites is 2. The highest BCUT2D eigenvalue weighted by atomic mass is 32.1. The van der Waals surface area contributed by atoms with E-state index in [9.17, 15) is 0 Å². The second-order valence-corrected chi connectivity index (χ2v) is 8.45. The lowest BCUT2D eigenvalue weighted by Crippen LogP contribution is -2.32. The third-order valence-electron chi connectivity index (χ3n) is 6.10. The molecule has 6 rings (SSSR count). The monoisotopic (exact) mass is 423 g/mol. The average molecular weight is 424 g/mol. The Morgan fingerprint density at radius 2 is 1.74 bits per heavy atom. The molecule has 0 aliphatic carbocycles. The molecule has 0 radical (unpaired) electrons. The molecule has 0 bridgehead atoms. The zero-order chi connectivity index (χ0) is 20.8. The second-order valence-electron chi connectivity index (χ2n) is 8.07. The summed E-state index contributed by atoms with van der Waals surface area (Å²) in [5.74, 6) is 0.528. The summed E-state index contributed by atoms with van der Waals surface area (Å²) in [6, 6.07) is 24.9. The molecule has 152 valence electrons. The topological polar surface area (TPSA) is 56.8 Å². The van der Waals surface area contributed by atoms with Gasteiger partial charge in [0.1, 0.15) is 5.52 Å². The van der Waals surface area contributed by atoms with Gasteiger partial charge in [0.2, 0.25) is 0 Å². The standard InChI is InChI=1S/C25H21N5S/c31-25(30-13-12-17(15-30)16-6-2-1-3-7-16)26-18-10-11-20-19(14-18)23-24(28-20)29-22-9-5-4-8-21(22)27-23/h1-11,14,17H,12-13,15H2,(H,26,31)(H,28,29). The minimum Gasteiger partial charge on any atom is -0.348 e. The molecule has 31 heavy (non-hydrogen) atoms. The summed E-state index contributed by atoms with van der Waals surface area (Å²) in [5.41, 5.74) is 6.85. The molecule has 1 fully saturated rings. The third kappa shape index (κ3) is 3.29. The quantitative estimate of drug-likeness (QED) is 0.370. The lowest BCUT2D eigenvalue weighted by Gasteiger charge is -2.21. The van der Waals surface area contributed by atoms with E-state index in [-0.39, 0.29) is 0 Å². The Bertz CT molecular complexity index is 1430. The van der Waals surface area contributed by atoms with Crippen molar-refractivity contribution in [3.8, 4) is 0 Å². The molecule has 3 aromatic carbocycles. The number of hydrogen-bond acceptors (Lipinski definition) is 3. The molecule has 2 aromatic heterocycles. The minimum absolute atomic E-state index is 0.528. The zero-order valence-corrected chi connectivity index (χ0v) is 17.7. The van der Waals surface area contributed by atoms with E-state index < -0.39 is 0 Å². The summed E-state index contributed by atoms with van der Waals surface area (Å²) < 4.78 is 0. The van der Waals surface area contributed by atoms with Gasteiger partial charge in [0.25, 0.3) is 0 Å². The van der Waals surface area contributed by atoms with Crippen LogP contribution in [-0.4, -0.2) is 38.1 Å². The first-order chi connectivity index (χ1) is 15.2. The first-order valence-corrected chi connectivity index (χ1v) is 10.9. The maximum Gasteiger partial charge on any atom is 0.173 e. The summed E-state index contributed by atoms with van der Waals surface area (Å²) in [6.45, 7) is 1.92. The number of rotatable bonds is 2. The number of nitrogens with one attached hydrogen (secondary N) is 2. The zero-order valence-electron chi connectivity index (χ0n) is 16.9. The molecule has 1 unspecified atom stereocenters. The number of aromatic amines is 1. The number of aromatic nitrogens is 3. The van der Waals surface area contributed by atoms with Crippen molar-refractivity contribution in [2.24, 2.45) is 0 Å². The van der Waals surface area contributed by atoms with Gasteiger partial charge in [-0.1, -0.05) is 42.5 Å². The fourth-order valence-corrected chi connectivity index (χ4v) is 4.76. The fraction of sp³-hybridized carbons (Fsp3) is 0.160. The van der Waals surface area contributed by atoms with Crippen molar-refractivity contribution in [2.75, 3.05) is 18.4 Å². The van der Waals surface area contributed by atoms with Crippen molar-refractivity contribution < 1.29 is 0 Å². The van der Waals surface area contributed by atoms with Gasteiger partial charge < -0.3 is 15.2 Å². The summed E-state index contributed by atoms with van der Waals surface area (Å²) in [6.07, 6.45) is 1.12. The van der Waals surface area contributed by atoms with E-state index in [4.69, 9.17) is 22.2 Å². The van der Waals surface area contributed by atoms with Gasteiger partial charge in [-0.15, -0.1) is 0 Å². The van der Waals surface area contributed by atoms with E-state index in [0.717, 1.165) is 63.4 Å². The van der Waals surface area contributed by atoms with Gasteiger partial charge in [-0.2, -0.15) is 0 Å². The molecule has 0 amide bonds. The molecule has 1 atom stereocenters. The maximum atomic E-state index is 5.74. The largest absolute Gasteiger partial charge is 0.348 e. The van der Waals surface area contributed by atoms with Crippen molar-refractivity contribution in [2.45, 2.75) is 12.3 Å². The number of thiocarbonyl (C=S) groups is 1. The van der Waals surface area contributed by atoms with Crippen molar-refractivity contribution in [3.63, 3.8) is 0 Å². The van der Waals surface area contributed by atoms with E-state index in [1.54, 1.807) is 0 Å². The van der Waals surface area contributed by atoms with Crippen molar-refractivity contribution in [3.05, 3.63) is 78.4 Å². The maximum absolute atomic E-state index is 5.74. The van der Waals surface area contributed by atoms with Gasteiger partial charge in [-0.25, -0.2) is 9.97 Å². The lowest BCUT2D eigenvalue weighted by molar-refractivity contribution is 0.518. The van der Waals surface area contributed by atoms with Crippen LogP contribution in [0.2, 0.25) is 0 Å². The molecule has 1 aliphatic heterocycles. The molecule has 2 N–H and O–H groups in total. The first-order valence-electron chi connectivity index (χ1n) is 10.5. The lowest BCUT2D eigenvalue weighted by atomic mass is 9.99. The third-order valence-corrected chi connectivity index (χ3v) is 6.46. The van der Waals surface area contributed by atoms with Crippen LogP contribution in [0.4, 0.5) is 5.69 Å². The Hall–Kier alpha value is -3.51. The first kappa shape index (κ1) is 18.3. The van der Waals surface area contributed by atoms with Crippen LogP contribution in [0, 0.1) is 0 Å². The van der Waals surface area contributed by atoms with Crippen molar-refractivity contribution in [1.29, 1.82) is 0 Å². The summed E-state index contributed by atoms with van der Waals surface area (Å²) >= 11 is 5.74. The minimum atomic E-state index is 0.528. The van der Waals surface area contributed by atoms with E-state index in [1.165, 1.54) is 5.56 Å². The molecule has 1 saturated heterocycles. The number of fused-ring (bicyclic) bond motifs is 4. The number of H-pyrrole nitrogens is 1. The van der Waals surface area contributed by atoms with Crippen LogP contribution in [0.25, 0.3) is 33.1 Å². The number of nitrogens with zero attached hydrogens (tertiary/aromatic N) is 3. The van der Waals surface area contributed by atoms with Crippen LogP contribution in [0.15, 0.2) is 72.8 Å². The van der Waals surface area contributed by atoms with Crippen molar-refractivity contribution >= 4 is 56.1 Å². The van der Waals surface area contributed by atoms with Crippen LogP contribution in [0.3, 0.4) is 0 Å². The number of hydrogen-bond donors (Lipinski definition) is 2. The van der Waals surface area contributed by atoms with Gasteiger partial charge in [0.15, 0.2) is 10.8 Å². The van der Waals surface area contributed by atoms with Gasteiger partial charge >= 0.3 is 0 Å². The summed E-state index contributed by atoms with van der Waals surface area (Å²) in [5, 5.41) is 5.25. The van der Waals surface area contributed by atoms with E-state index in [2.05, 4.69) is 63.7 Å². The predicted octanol–water partition coefficient (Wildman–Crippen LogP) is 5.45. The Balaban J connectivity index is 1.27. The van der Waals surface area contributed by atoms with E-state index in [1.807, 2.05) is 24.3 Å². The van der Waals surface area contributed by atoms with Gasteiger partial charge in [0.05, 0.1) is 11.0 Å². The van der Waals surface area contributed by atoms with Gasteiger partial charge in [-0.05, 0) is 54.5 Å². The molecule has 6 heteroatoms. The van der Waals surface area contributed by atoms with Crippen molar-refractivity contribution in [1.82, 2.24) is 19.9 Å². The molecule has 5 nitrogen and oxygen atoms in total. The number of benzene rings is 3. The number of likely N-dealkylation sites (tertiary alicyclic amines) is 1. The Labute approximate surface area is 185 Å². The molecule has 1 aliphatic rings. The molecule has 0 spiro atoms. The van der Waals surface area contributed by atoms with Crippen LogP contribution in [-0.2, 0) is 0 Å². The Kier molecular flexibility index (Phi) is 4.32. The SMILES string of the molecule is S=C(Nc1ccc2[nH]c3nc4ccccc4nc3c2c1)N1CCC(c2ccccc2)C1. The Morgan fingerprint density at radius 1 is 0.968 bits per heavy atom. The van der Waals surface area contributed by atoms with Gasteiger partial charge in [-0.3, -0.25) is 0 Å². The fourth-order valence-electron chi connectivity index (χ4n) is 4.47. The van der Waals surface area contributed by atoms with Crippen LogP contribution in [0.5, 0.6) is 0 Å². The summed E-state index contributed by atoms with van der Waals surface area (Å²) in [4.78, 5) is 15.2. The van der Waals surface area contributed by atoms with Crippen LogP contribution >= 0.6 is 12.2 Å². The number of anilines is 1. The molecule has 5 aromatic rings. The van der Waals surface area contributed by atoms with Gasteiger partial charge in [0, 0.05) is 35.6 Å². The predicted molar refractivity (Wildman–Crippen MR) is 130 cm³/mol. The second kappa shape index (κ2) is 7.32. The molecule has 3 heterocycles. The smallest absolute Gasteiger partial charge is 0.173 e. The normalized spacial score (nSPS) is 16.4.